The first-order valence-electron chi connectivity index (χ1n) is 6.66. The number of anilines is 1. The van der Waals surface area contributed by atoms with E-state index in [4.69, 9.17) is 10.7 Å². The zero-order valence-electron chi connectivity index (χ0n) is 10.8. The van der Waals surface area contributed by atoms with Gasteiger partial charge in [0.15, 0.2) is 0 Å². The number of pyridine rings is 1. The van der Waals surface area contributed by atoms with Crippen LogP contribution in [0.25, 0.3) is 10.9 Å². The van der Waals surface area contributed by atoms with Gasteiger partial charge < -0.3 is 5.73 Å². The zero-order chi connectivity index (χ0) is 12.5. The van der Waals surface area contributed by atoms with E-state index in [1.807, 2.05) is 30.3 Å². The molecule has 0 bridgehead atoms. The van der Waals surface area contributed by atoms with Crippen molar-refractivity contribution in [3.05, 3.63) is 36.0 Å². The second kappa shape index (κ2) is 4.58. The van der Waals surface area contributed by atoms with Crippen LogP contribution in [0.1, 0.15) is 25.5 Å². The molecule has 0 amide bonds. The molecule has 3 nitrogen and oxygen atoms in total. The maximum Gasteiger partial charge on any atom is 0.0726 e. The van der Waals surface area contributed by atoms with Crippen molar-refractivity contribution < 1.29 is 0 Å². The Hall–Kier alpha value is -1.61. The molecule has 0 aliphatic heterocycles. The second-order valence-electron chi connectivity index (χ2n) is 5.01. The van der Waals surface area contributed by atoms with E-state index in [0.717, 1.165) is 41.4 Å². The molecule has 1 aliphatic rings. The number of nitrogens with zero attached hydrogens (tertiary/aromatic N) is 2. The van der Waals surface area contributed by atoms with Crippen LogP contribution in [0.15, 0.2) is 30.3 Å². The molecule has 2 aromatic rings. The molecule has 94 valence electrons. The van der Waals surface area contributed by atoms with Gasteiger partial charge in [-0.05, 0) is 31.5 Å². The van der Waals surface area contributed by atoms with Crippen LogP contribution in [0.4, 0.5) is 5.69 Å². The maximum absolute atomic E-state index is 6.11. The molecule has 1 aliphatic carbocycles. The predicted molar refractivity (Wildman–Crippen MR) is 75.3 cm³/mol. The third-order valence-electron chi connectivity index (χ3n) is 3.64. The van der Waals surface area contributed by atoms with E-state index < -0.39 is 0 Å². The number of aromatic nitrogens is 1. The van der Waals surface area contributed by atoms with Crippen LogP contribution in [-0.2, 0) is 6.54 Å². The largest absolute Gasteiger partial charge is 0.398 e. The Morgan fingerprint density at radius 2 is 2.11 bits per heavy atom. The Bertz CT molecular complexity index is 561. The third-order valence-corrected chi connectivity index (χ3v) is 3.64. The van der Waals surface area contributed by atoms with Crippen molar-refractivity contribution >= 4 is 16.6 Å². The number of nitrogens with two attached hydrogens (primary N) is 1. The molecule has 3 rings (SSSR count). The first kappa shape index (κ1) is 11.5. The van der Waals surface area contributed by atoms with Crippen molar-refractivity contribution in [2.24, 2.45) is 0 Å². The molecule has 18 heavy (non-hydrogen) atoms. The summed E-state index contributed by atoms with van der Waals surface area (Å²) in [5, 5.41) is 1.05. The van der Waals surface area contributed by atoms with Crippen molar-refractivity contribution in [2.45, 2.75) is 32.4 Å². The van der Waals surface area contributed by atoms with E-state index >= 15 is 0 Å². The van der Waals surface area contributed by atoms with Crippen molar-refractivity contribution in [3.8, 4) is 0 Å². The number of rotatable bonds is 4. The van der Waals surface area contributed by atoms with Gasteiger partial charge in [0.25, 0.3) is 0 Å². The van der Waals surface area contributed by atoms with Crippen LogP contribution < -0.4 is 5.73 Å². The smallest absolute Gasteiger partial charge is 0.0726 e. The molecule has 1 fully saturated rings. The van der Waals surface area contributed by atoms with E-state index in [2.05, 4.69) is 11.8 Å². The molecule has 1 heterocycles. The molecular formula is C15H19N3. The van der Waals surface area contributed by atoms with Gasteiger partial charge in [0.2, 0.25) is 0 Å². The minimum Gasteiger partial charge on any atom is -0.398 e. The lowest BCUT2D eigenvalue weighted by atomic mass is 10.1. The molecule has 0 unspecified atom stereocenters. The predicted octanol–water partition coefficient (Wildman–Crippen LogP) is 2.80. The highest BCUT2D eigenvalue weighted by molar-refractivity contribution is 5.90. The van der Waals surface area contributed by atoms with Gasteiger partial charge in [0.05, 0.1) is 11.2 Å². The van der Waals surface area contributed by atoms with Crippen molar-refractivity contribution in [3.63, 3.8) is 0 Å². The molecule has 1 aromatic carbocycles. The summed E-state index contributed by atoms with van der Waals surface area (Å²) in [5.41, 5.74) is 9.03. The fraction of sp³-hybridized carbons (Fsp3) is 0.400. The summed E-state index contributed by atoms with van der Waals surface area (Å²) in [4.78, 5) is 7.20. The highest BCUT2D eigenvalue weighted by Gasteiger charge is 2.27. The SMILES string of the molecule is CCN(Cc1cc(N)c2ccccc2n1)C1CC1. The van der Waals surface area contributed by atoms with Crippen LogP contribution in [0, 0.1) is 0 Å². The Morgan fingerprint density at radius 3 is 2.83 bits per heavy atom. The van der Waals surface area contributed by atoms with E-state index in [9.17, 15) is 0 Å². The summed E-state index contributed by atoms with van der Waals surface area (Å²) >= 11 is 0. The molecule has 2 N–H and O–H groups in total. The standard InChI is InChI=1S/C15H19N3/c1-2-18(12-7-8-12)10-11-9-14(16)13-5-3-4-6-15(13)17-11/h3-6,9,12H,2,7-8,10H2,1H3,(H2,16,17). The maximum atomic E-state index is 6.11. The number of hydrogen-bond donors (Lipinski definition) is 1. The number of para-hydroxylation sites is 1. The first-order chi connectivity index (χ1) is 8.78. The first-order valence-corrected chi connectivity index (χ1v) is 6.66. The van der Waals surface area contributed by atoms with Crippen molar-refractivity contribution in [1.82, 2.24) is 9.88 Å². The monoisotopic (exact) mass is 241 g/mol. The topological polar surface area (TPSA) is 42.1 Å². The lowest BCUT2D eigenvalue weighted by Crippen LogP contribution is -2.25. The zero-order valence-corrected chi connectivity index (χ0v) is 10.8. The minimum atomic E-state index is 0.768. The highest BCUT2D eigenvalue weighted by Crippen LogP contribution is 2.28. The van der Waals surface area contributed by atoms with Gasteiger partial charge in [0, 0.05) is 23.7 Å². The van der Waals surface area contributed by atoms with Crippen molar-refractivity contribution in [2.75, 3.05) is 12.3 Å². The van der Waals surface area contributed by atoms with Gasteiger partial charge in [-0.25, -0.2) is 0 Å². The third kappa shape index (κ3) is 2.18. The fourth-order valence-corrected chi connectivity index (χ4v) is 2.49. The molecule has 1 aromatic heterocycles. The Morgan fingerprint density at radius 1 is 1.33 bits per heavy atom. The number of fused-ring (bicyclic) bond motifs is 1. The van der Waals surface area contributed by atoms with E-state index in [0.29, 0.717) is 0 Å². The lowest BCUT2D eigenvalue weighted by Gasteiger charge is -2.19. The summed E-state index contributed by atoms with van der Waals surface area (Å²) in [5.74, 6) is 0. The van der Waals surface area contributed by atoms with Gasteiger partial charge in [0.1, 0.15) is 0 Å². The molecule has 0 radical (unpaired) electrons. The molecular weight excluding hydrogens is 222 g/mol. The lowest BCUT2D eigenvalue weighted by molar-refractivity contribution is 0.266. The Kier molecular flexibility index (Phi) is 2.92. The van der Waals surface area contributed by atoms with Crippen molar-refractivity contribution in [1.29, 1.82) is 0 Å². The van der Waals surface area contributed by atoms with Gasteiger partial charge in [-0.1, -0.05) is 25.1 Å². The molecule has 1 saturated carbocycles. The van der Waals surface area contributed by atoms with Gasteiger partial charge in [-0.3, -0.25) is 9.88 Å². The quantitative estimate of drug-likeness (QED) is 0.895. The van der Waals surface area contributed by atoms with E-state index in [-0.39, 0.29) is 0 Å². The Balaban J connectivity index is 1.92. The minimum absolute atomic E-state index is 0.768. The molecule has 0 spiro atoms. The molecule has 0 saturated heterocycles. The average molecular weight is 241 g/mol. The highest BCUT2D eigenvalue weighted by atomic mass is 15.2. The number of benzene rings is 1. The number of hydrogen-bond acceptors (Lipinski definition) is 3. The summed E-state index contributed by atoms with van der Waals surface area (Å²) < 4.78 is 0. The second-order valence-corrected chi connectivity index (χ2v) is 5.01. The van der Waals surface area contributed by atoms with E-state index in [1.54, 1.807) is 0 Å². The van der Waals surface area contributed by atoms with Gasteiger partial charge >= 0.3 is 0 Å². The fourth-order valence-electron chi connectivity index (χ4n) is 2.49. The summed E-state index contributed by atoms with van der Waals surface area (Å²) in [7, 11) is 0. The average Bonchev–Trinajstić information content (AvgIpc) is 3.20. The van der Waals surface area contributed by atoms with Gasteiger partial charge in [-0.2, -0.15) is 0 Å². The van der Waals surface area contributed by atoms with Crippen LogP contribution in [-0.4, -0.2) is 22.5 Å². The van der Waals surface area contributed by atoms with Crippen LogP contribution in [0.5, 0.6) is 0 Å². The Labute approximate surface area is 108 Å². The molecule has 0 atom stereocenters. The molecule has 3 heteroatoms. The number of nitrogen functional groups attached to an aromatic ring is 1. The summed E-state index contributed by atoms with van der Waals surface area (Å²) in [6.07, 6.45) is 2.66. The van der Waals surface area contributed by atoms with Crippen LogP contribution in [0.2, 0.25) is 0 Å². The van der Waals surface area contributed by atoms with Gasteiger partial charge in [-0.15, -0.1) is 0 Å². The summed E-state index contributed by atoms with van der Waals surface area (Å²) in [6, 6.07) is 10.9. The van der Waals surface area contributed by atoms with E-state index in [1.165, 1.54) is 12.8 Å². The van der Waals surface area contributed by atoms with Crippen LogP contribution >= 0.6 is 0 Å². The van der Waals surface area contributed by atoms with Crippen LogP contribution in [0.3, 0.4) is 0 Å². The summed E-state index contributed by atoms with van der Waals surface area (Å²) in [6.45, 7) is 4.21. The normalized spacial score (nSPS) is 15.4.